The van der Waals surface area contributed by atoms with Crippen molar-refractivity contribution in [2.75, 3.05) is 18.1 Å². The number of nitrogen functional groups attached to an aromatic ring is 1. The second-order valence-electron chi connectivity index (χ2n) is 5.92. The van der Waals surface area contributed by atoms with E-state index in [1.54, 1.807) is 18.7 Å². The molecule has 1 heterocycles. The molecule has 2 saturated carbocycles. The fraction of sp³-hybridized carbons (Fsp3) is 0.667. The van der Waals surface area contributed by atoms with Gasteiger partial charge in [0.05, 0.1) is 6.61 Å². The molecule has 21 heavy (non-hydrogen) atoms. The molecule has 2 N–H and O–H groups in total. The highest BCUT2D eigenvalue weighted by Crippen LogP contribution is 2.49. The lowest BCUT2D eigenvalue weighted by molar-refractivity contribution is 0.0526. The van der Waals surface area contributed by atoms with E-state index in [2.05, 4.69) is 9.97 Å². The van der Waals surface area contributed by atoms with Crippen molar-refractivity contribution >= 4 is 23.5 Å². The number of carbonyl (C=O) groups is 1. The first-order chi connectivity index (χ1) is 10.2. The summed E-state index contributed by atoms with van der Waals surface area (Å²) in [5.74, 6) is 3.46. The zero-order chi connectivity index (χ0) is 14.8. The van der Waals surface area contributed by atoms with Gasteiger partial charge in [-0.3, -0.25) is 0 Å². The van der Waals surface area contributed by atoms with Crippen LogP contribution in [0.3, 0.4) is 0 Å². The molecule has 3 rings (SSSR count). The third kappa shape index (κ3) is 3.15. The molecule has 0 saturated heterocycles. The van der Waals surface area contributed by atoms with E-state index in [1.807, 2.05) is 0 Å². The molecule has 3 atom stereocenters. The van der Waals surface area contributed by atoms with Crippen molar-refractivity contribution in [2.45, 2.75) is 37.8 Å². The van der Waals surface area contributed by atoms with E-state index < -0.39 is 5.97 Å². The number of thioether (sulfide) groups is 1. The van der Waals surface area contributed by atoms with Gasteiger partial charge < -0.3 is 10.5 Å². The van der Waals surface area contributed by atoms with Gasteiger partial charge in [-0.25, -0.2) is 14.8 Å². The SMILES string of the molecule is CCOC(=O)c1cnc(SCC2CC3CCC2C3)nc1N. The van der Waals surface area contributed by atoms with E-state index in [4.69, 9.17) is 10.5 Å². The largest absolute Gasteiger partial charge is 0.462 e. The minimum absolute atomic E-state index is 0.207. The molecule has 0 aliphatic heterocycles. The molecule has 2 aliphatic rings. The predicted molar refractivity (Wildman–Crippen MR) is 82.1 cm³/mol. The Morgan fingerprint density at radius 2 is 2.33 bits per heavy atom. The first-order valence-electron chi connectivity index (χ1n) is 7.59. The number of fused-ring (bicyclic) bond motifs is 2. The van der Waals surface area contributed by atoms with E-state index in [9.17, 15) is 4.79 Å². The van der Waals surface area contributed by atoms with Crippen molar-refractivity contribution in [2.24, 2.45) is 17.8 Å². The number of anilines is 1. The fourth-order valence-corrected chi connectivity index (χ4v) is 4.64. The first-order valence-corrected chi connectivity index (χ1v) is 8.58. The summed E-state index contributed by atoms with van der Waals surface area (Å²) in [6.07, 6.45) is 7.05. The monoisotopic (exact) mass is 307 g/mol. The van der Waals surface area contributed by atoms with E-state index >= 15 is 0 Å². The van der Waals surface area contributed by atoms with Crippen LogP contribution in [0.15, 0.2) is 11.4 Å². The van der Waals surface area contributed by atoms with E-state index in [1.165, 1.54) is 31.9 Å². The van der Waals surface area contributed by atoms with Gasteiger partial charge in [-0.15, -0.1) is 0 Å². The molecule has 1 aromatic rings. The summed E-state index contributed by atoms with van der Waals surface area (Å²) in [5, 5.41) is 0.656. The first kappa shape index (κ1) is 14.6. The molecule has 0 amide bonds. The average molecular weight is 307 g/mol. The molecule has 6 heteroatoms. The van der Waals surface area contributed by atoms with Crippen LogP contribution in [0, 0.1) is 17.8 Å². The molecule has 2 aliphatic carbocycles. The summed E-state index contributed by atoms with van der Waals surface area (Å²) < 4.78 is 4.92. The Balaban J connectivity index is 1.59. The summed E-state index contributed by atoms with van der Waals surface area (Å²) in [7, 11) is 0. The maximum Gasteiger partial charge on any atom is 0.343 e. The Morgan fingerprint density at radius 1 is 1.48 bits per heavy atom. The lowest BCUT2D eigenvalue weighted by Gasteiger charge is -2.20. The number of nitrogens with zero attached hydrogens (tertiary/aromatic N) is 2. The Labute approximate surface area is 129 Å². The normalized spacial score (nSPS) is 27.0. The van der Waals surface area contributed by atoms with E-state index in [0.29, 0.717) is 11.8 Å². The Morgan fingerprint density at radius 3 is 2.95 bits per heavy atom. The molecule has 3 unspecified atom stereocenters. The van der Waals surface area contributed by atoms with Crippen LogP contribution in [0.25, 0.3) is 0 Å². The summed E-state index contributed by atoms with van der Waals surface area (Å²) in [5.41, 5.74) is 6.08. The van der Waals surface area contributed by atoms with E-state index in [-0.39, 0.29) is 11.4 Å². The molecule has 2 fully saturated rings. The van der Waals surface area contributed by atoms with Gasteiger partial charge in [-0.2, -0.15) is 0 Å². The second-order valence-corrected chi connectivity index (χ2v) is 6.91. The molecular formula is C15H21N3O2S. The summed E-state index contributed by atoms with van der Waals surface area (Å²) >= 11 is 1.65. The van der Waals surface area contributed by atoms with Gasteiger partial charge in [0.15, 0.2) is 5.16 Å². The molecule has 2 bridgehead atoms. The Hall–Kier alpha value is -1.30. The zero-order valence-electron chi connectivity index (χ0n) is 12.2. The van der Waals surface area contributed by atoms with Gasteiger partial charge in [0.2, 0.25) is 0 Å². The molecule has 1 aromatic heterocycles. The van der Waals surface area contributed by atoms with Gasteiger partial charge >= 0.3 is 5.97 Å². The minimum Gasteiger partial charge on any atom is -0.462 e. The predicted octanol–water partition coefficient (Wildman–Crippen LogP) is 2.76. The molecule has 0 spiro atoms. The van der Waals surface area contributed by atoms with Crippen LogP contribution in [0.2, 0.25) is 0 Å². The van der Waals surface area contributed by atoms with E-state index in [0.717, 1.165) is 23.5 Å². The number of aromatic nitrogens is 2. The van der Waals surface area contributed by atoms with Crippen LogP contribution in [-0.2, 0) is 4.74 Å². The van der Waals surface area contributed by atoms with Crippen molar-refractivity contribution in [3.05, 3.63) is 11.8 Å². The standard InChI is InChI=1S/C15H21N3O2S/c1-2-20-14(19)12-7-17-15(18-13(12)16)21-8-11-6-9-3-4-10(11)5-9/h7,9-11H,2-6,8H2,1H3,(H2,16,17,18). The highest BCUT2D eigenvalue weighted by atomic mass is 32.2. The summed E-state index contributed by atoms with van der Waals surface area (Å²) in [6.45, 7) is 2.08. The van der Waals surface area contributed by atoms with Crippen LogP contribution in [0.5, 0.6) is 0 Å². The van der Waals surface area contributed by atoms with Crippen molar-refractivity contribution < 1.29 is 9.53 Å². The number of carbonyl (C=O) groups excluding carboxylic acids is 1. The lowest BCUT2D eigenvalue weighted by Crippen LogP contribution is -2.14. The van der Waals surface area contributed by atoms with Gasteiger partial charge in [0.25, 0.3) is 0 Å². The average Bonchev–Trinajstić information content (AvgIpc) is 3.08. The summed E-state index contributed by atoms with van der Waals surface area (Å²) in [4.78, 5) is 20.1. The maximum absolute atomic E-state index is 11.6. The fourth-order valence-electron chi connectivity index (χ4n) is 3.58. The number of nitrogens with two attached hydrogens (primary N) is 1. The topological polar surface area (TPSA) is 78.1 Å². The molecule has 5 nitrogen and oxygen atoms in total. The van der Waals surface area contributed by atoms with Crippen LogP contribution < -0.4 is 5.73 Å². The van der Waals surface area contributed by atoms with Crippen molar-refractivity contribution in [3.8, 4) is 0 Å². The molecule has 0 radical (unpaired) electrons. The highest BCUT2D eigenvalue weighted by molar-refractivity contribution is 7.99. The highest BCUT2D eigenvalue weighted by Gasteiger charge is 2.39. The van der Waals surface area contributed by atoms with Crippen LogP contribution in [0.1, 0.15) is 43.0 Å². The van der Waals surface area contributed by atoms with Crippen molar-refractivity contribution in [1.29, 1.82) is 0 Å². The number of rotatable bonds is 5. The van der Waals surface area contributed by atoms with Crippen LogP contribution in [0.4, 0.5) is 5.82 Å². The minimum atomic E-state index is -0.459. The Kier molecular flexibility index (Phi) is 4.33. The zero-order valence-corrected chi connectivity index (χ0v) is 13.1. The van der Waals surface area contributed by atoms with Crippen molar-refractivity contribution in [1.82, 2.24) is 9.97 Å². The summed E-state index contributed by atoms with van der Waals surface area (Å²) in [6, 6.07) is 0. The third-order valence-electron chi connectivity index (χ3n) is 4.60. The molecular weight excluding hydrogens is 286 g/mol. The number of hydrogen-bond donors (Lipinski definition) is 1. The third-order valence-corrected chi connectivity index (χ3v) is 5.65. The smallest absolute Gasteiger partial charge is 0.343 e. The van der Waals surface area contributed by atoms with Crippen LogP contribution >= 0.6 is 11.8 Å². The van der Waals surface area contributed by atoms with Gasteiger partial charge in [0.1, 0.15) is 11.4 Å². The Bertz CT molecular complexity index is 538. The van der Waals surface area contributed by atoms with Gasteiger partial charge in [0, 0.05) is 11.9 Å². The molecule has 0 aromatic carbocycles. The van der Waals surface area contributed by atoms with Gasteiger partial charge in [-0.1, -0.05) is 18.2 Å². The number of hydrogen-bond acceptors (Lipinski definition) is 6. The second kappa shape index (κ2) is 6.22. The van der Waals surface area contributed by atoms with Crippen molar-refractivity contribution in [3.63, 3.8) is 0 Å². The maximum atomic E-state index is 11.6. The number of esters is 1. The quantitative estimate of drug-likeness (QED) is 0.512. The number of ether oxygens (including phenoxy) is 1. The molecule has 114 valence electrons. The lowest BCUT2D eigenvalue weighted by atomic mass is 9.90. The van der Waals surface area contributed by atoms with Gasteiger partial charge in [-0.05, 0) is 43.9 Å². The van der Waals surface area contributed by atoms with Crippen LogP contribution in [-0.4, -0.2) is 28.3 Å².